The lowest BCUT2D eigenvalue weighted by Gasteiger charge is -2.20. The molecule has 0 radical (unpaired) electrons. The second-order valence-corrected chi connectivity index (χ2v) is 10.8. The molecule has 2 aromatic rings. The first kappa shape index (κ1) is 30.3. The van der Waals surface area contributed by atoms with E-state index in [2.05, 4.69) is 15.4 Å². The van der Waals surface area contributed by atoms with Crippen molar-refractivity contribution < 1.29 is 31.9 Å². The molecule has 2 rings (SSSR count). The van der Waals surface area contributed by atoms with Gasteiger partial charge in [0.1, 0.15) is 16.8 Å². The van der Waals surface area contributed by atoms with E-state index < -0.39 is 27.8 Å². The number of carbonyl (C=O) groups excluding carboxylic acids is 2. The summed E-state index contributed by atoms with van der Waals surface area (Å²) in [7, 11) is -2.38. The average Bonchev–Trinajstić information content (AvgIpc) is 2.83. The molecule has 0 aliphatic carbocycles. The van der Waals surface area contributed by atoms with Gasteiger partial charge in [0.15, 0.2) is 18.1 Å². The Morgan fingerprint density at radius 3 is 2.38 bits per heavy atom. The van der Waals surface area contributed by atoms with Crippen LogP contribution in [0.3, 0.4) is 0 Å². The van der Waals surface area contributed by atoms with Gasteiger partial charge in [0, 0.05) is 13.1 Å². The summed E-state index contributed by atoms with van der Waals surface area (Å²) < 4.78 is 50.9. The molecule has 0 heterocycles. The molecule has 9 nitrogen and oxygen atoms in total. The van der Waals surface area contributed by atoms with Crippen LogP contribution < -0.4 is 24.8 Å². The van der Waals surface area contributed by atoms with Gasteiger partial charge in [-0.3, -0.25) is 9.59 Å². The van der Waals surface area contributed by atoms with E-state index in [9.17, 15) is 22.4 Å². The zero-order valence-electron chi connectivity index (χ0n) is 21.1. The predicted molar refractivity (Wildman–Crippen MR) is 139 cm³/mol. The molecule has 0 saturated heterocycles. The predicted octanol–water partition coefficient (Wildman–Crippen LogP) is 3.27. The van der Waals surface area contributed by atoms with E-state index in [0.717, 1.165) is 18.2 Å². The van der Waals surface area contributed by atoms with Gasteiger partial charge in [0.2, 0.25) is 15.9 Å². The zero-order chi connectivity index (χ0) is 27.4. The molecular weight excluding hydrogens is 525 g/mol. The van der Waals surface area contributed by atoms with Crippen molar-refractivity contribution in [1.29, 1.82) is 0 Å². The van der Waals surface area contributed by atoms with Crippen molar-refractivity contribution in [3.8, 4) is 11.5 Å². The highest BCUT2D eigenvalue weighted by Crippen LogP contribution is 2.25. The van der Waals surface area contributed by atoms with Gasteiger partial charge in [-0.25, -0.2) is 17.5 Å². The van der Waals surface area contributed by atoms with Gasteiger partial charge in [0.25, 0.3) is 5.91 Å². The molecule has 1 atom stereocenters. The number of halogens is 2. The summed E-state index contributed by atoms with van der Waals surface area (Å²) in [5.41, 5.74) is 0. The van der Waals surface area contributed by atoms with Crippen LogP contribution in [-0.2, 0) is 19.6 Å². The molecule has 0 aromatic heterocycles. The van der Waals surface area contributed by atoms with Crippen molar-refractivity contribution in [2.75, 3.05) is 26.8 Å². The van der Waals surface area contributed by atoms with E-state index >= 15 is 0 Å². The molecule has 0 aliphatic heterocycles. The number of hydrogen-bond acceptors (Lipinski definition) is 6. The number of benzene rings is 2. The fourth-order valence-electron chi connectivity index (χ4n) is 3.38. The summed E-state index contributed by atoms with van der Waals surface area (Å²) in [6.45, 7) is 4.01. The Balaban J connectivity index is 1.77. The van der Waals surface area contributed by atoms with E-state index in [4.69, 9.17) is 21.1 Å². The van der Waals surface area contributed by atoms with Crippen LogP contribution in [0.15, 0.2) is 47.4 Å². The number of para-hydroxylation sites is 2. The molecule has 0 fully saturated rings. The van der Waals surface area contributed by atoms with Crippen molar-refractivity contribution in [2.45, 2.75) is 44.0 Å². The van der Waals surface area contributed by atoms with Crippen LogP contribution >= 0.6 is 11.6 Å². The SMILES string of the molecule is COc1ccccc1OCC(=O)N[C@@H](CC(C)C)C(=O)NCCCCNS(=O)(=O)c1ccc(F)cc1Cl. The number of methoxy groups -OCH3 is 1. The maximum Gasteiger partial charge on any atom is 0.258 e. The molecule has 204 valence electrons. The molecule has 0 saturated carbocycles. The van der Waals surface area contributed by atoms with E-state index in [1.54, 1.807) is 24.3 Å². The minimum Gasteiger partial charge on any atom is -0.493 e. The van der Waals surface area contributed by atoms with E-state index in [-0.39, 0.29) is 34.9 Å². The number of carbonyl (C=O) groups is 2. The van der Waals surface area contributed by atoms with Crippen LogP contribution in [0.5, 0.6) is 11.5 Å². The molecule has 0 aliphatic rings. The topological polar surface area (TPSA) is 123 Å². The normalized spacial score (nSPS) is 12.2. The summed E-state index contributed by atoms with van der Waals surface area (Å²) in [5.74, 6) is -0.342. The van der Waals surface area contributed by atoms with Crippen LogP contribution in [-0.4, -0.2) is 53.1 Å². The Morgan fingerprint density at radius 2 is 1.73 bits per heavy atom. The molecule has 3 N–H and O–H groups in total. The molecule has 2 aromatic carbocycles. The number of rotatable bonds is 15. The quantitative estimate of drug-likeness (QED) is 0.289. The Kier molecular flexibility index (Phi) is 12.1. The molecule has 2 amide bonds. The van der Waals surface area contributed by atoms with Gasteiger partial charge in [-0.2, -0.15) is 0 Å². The summed E-state index contributed by atoms with van der Waals surface area (Å²) in [6, 6.07) is 9.25. The first-order valence-electron chi connectivity index (χ1n) is 11.8. The fraction of sp³-hybridized carbons (Fsp3) is 0.440. The third-order valence-electron chi connectivity index (χ3n) is 5.16. The van der Waals surface area contributed by atoms with E-state index in [0.29, 0.717) is 37.3 Å². The van der Waals surface area contributed by atoms with Gasteiger partial charge in [-0.1, -0.05) is 37.6 Å². The number of amides is 2. The number of hydrogen-bond donors (Lipinski definition) is 3. The third kappa shape index (κ3) is 10.2. The highest BCUT2D eigenvalue weighted by atomic mass is 35.5. The van der Waals surface area contributed by atoms with E-state index in [1.165, 1.54) is 7.11 Å². The summed E-state index contributed by atoms with van der Waals surface area (Å²) in [4.78, 5) is 24.9. The van der Waals surface area contributed by atoms with E-state index in [1.807, 2.05) is 13.8 Å². The number of unbranched alkanes of at least 4 members (excludes halogenated alkanes) is 1. The third-order valence-corrected chi connectivity index (χ3v) is 7.11. The van der Waals surface area contributed by atoms with Gasteiger partial charge in [-0.15, -0.1) is 0 Å². The van der Waals surface area contributed by atoms with Crippen molar-refractivity contribution in [3.05, 3.63) is 53.3 Å². The number of nitrogens with one attached hydrogen (secondary N) is 3. The maximum atomic E-state index is 13.2. The van der Waals surface area contributed by atoms with Crippen LogP contribution in [0, 0.1) is 11.7 Å². The molecule has 0 bridgehead atoms. The van der Waals surface area contributed by atoms with Crippen molar-refractivity contribution in [1.82, 2.24) is 15.4 Å². The highest BCUT2D eigenvalue weighted by Gasteiger charge is 2.22. The Hall–Kier alpha value is -2.89. The minimum atomic E-state index is -3.88. The first-order valence-corrected chi connectivity index (χ1v) is 13.7. The number of sulfonamides is 1. The molecule has 0 spiro atoms. The van der Waals surface area contributed by atoms with Crippen LogP contribution in [0.25, 0.3) is 0 Å². The monoisotopic (exact) mass is 557 g/mol. The average molecular weight is 558 g/mol. The van der Waals surface area contributed by atoms with Gasteiger partial charge in [-0.05, 0) is 55.5 Å². The summed E-state index contributed by atoms with van der Waals surface area (Å²) in [6.07, 6.45) is 1.36. The Morgan fingerprint density at radius 1 is 1.05 bits per heavy atom. The molecular formula is C25H33ClFN3O6S. The largest absolute Gasteiger partial charge is 0.493 e. The second-order valence-electron chi connectivity index (χ2n) is 8.66. The van der Waals surface area contributed by atoms with Crippen molar-refractivity contribution in [2.24, 2.45) is 5.92 Å². The van der Waals surface area contributed by atoms with Gasteiger partial charge >= 0.3 is 0 Å². The van der Waals surface area contributed by atoms with Crippen LogP contribution in [0.4, 0.5) is 4.39 Å². The lowest BCUT2D eigenvalue weighted by Crippen LogP contribution is -2.48. The standard InChI is InChI=1S/C25H33ClFN3O6S/c1-17(2)14-20(30-24(31)16-36-22-9-5-4-8-21(22)35-3)25(32)28-12-6-7-13-29-37(33,34)23-11-10-18(27)15-19(23)26/h4-5,8-11,15,17,20,29H,6-7,12-14,16H2,1-3H3,(H,28,32)(H,30,31)/t20-/m0/s1. The van der Waals surface area contributed by atoms with Crippen LogP contribution in [0.2, 0.25) is 5.02 Å². The zero-order valence-corrected chi connectivity index (χ0v) is 22.6. The van der Waals surface area contributed by atoms with Crippen LogP contribution in [0.1, 0.15) is 33.1 Å². The van der Waals surface area contributed by atoms with Gasteiger partial charge < -0.3 is 20.1 Å². The first-order chi connectivity index (χ1) is 17.5. The van der Waals surface area contributed by atoms with Gasteiger partial charge in [0.05, 0.1) is 12.1 Å². The lowest BCUT2D eigenvalue weighted by molar-refractivity contribution is -0.130. The highest BCUT2D eigenvalue weighted by molar-refractivity contribution is 7.89. The Labute approximate surface area is 222 Å². The molecule has 0 unspecified atom stereocenters. The maximum absolute atomic E-state index is 13.2. The summed E-state index contributed by atoms with van der Waals surface area (Å²) in [5, 5.41) is 5.28. The van der Waals surface area contributed by atoms with Crippen molar-refractivity contribution >= 4 is 33.4 Å². The molecule has 12 heteroatoms. The Bertz CT molecular complexity index is 1160. The fourth-order valence-corrected chi connectivity index (χ4v) is 4.99. The van der Waals surface area contributed by atoms with Crippen molar-refractivity contribution in [3.63, 3.8) is 0 Å². The summed E-state index contributed by atoms with van der Waals surface area (Å²) >= 11 is 5.83. The minimum absolute atomic E-state index is 0.109. The lowest BCUT2D eigenvalue weighted by atomic mass is 10.0. The molecule has 37 heavy (non-hydrogen) atoms. The number of ether oxygens (including phenoxy) is 2. The smallest absolute Gasteiger partial charge is 0.258 e. The second kappa shape index (κ2) is 14.7.